The summed E-state index contributed by atoms with van der Waals surface area (Å²) in [5.41, 5.74) is 5.86. The van der Waals surface area contributed by atoms with Gasteiger partial charge in [-0.1, -0.05) is 36.4 Å². The van der Waals surface area contributed by atoms with Crippen LogP contribution in [0.5, 0.6) is 0 Å². The van der Waals surface area contributed by atoms with Gasteiger partial charge < -0.3 is 0 Å². The molecular formula is C19H12. The molecule has 3 aromatic rings. The highest BCUT2D eigenvalue weighted by Crippen LogP contribution is 2.46. The number of benzene rings is 3. The third-order valence-corrected chi connectivity index (χ3v) is 4.40. The molecule has 0 heteroatoms. The molecule has 0 nitrogen and oxygen atoms in total. The maximum atomic E-state index is 2.36. The Hall–Kier alpha value is -2.34. The Bertz CT molecular complexity index is 847. The zero-order valence-corrected chi connectivity index (χ0v) is 10.5. The molecule has 0 heterocycles. The fraction of sp³-hybridized carbons (Fsp3) is 0.0526. The largest absolute Gasteiger partial charge is 0.0616 e. The number of hydrogen-bond donors (Lipinski definition) is 0. The normalized spacial score (nSPS) is 15.8. The predicted molar refractivity (Wildman–Crippen MR) is 82.0 cm³/mol. The molecule has 19 heavy (non-hydrogen) atoms. The first-order valence-electron chi connectivity index (χ1n) is 6.75. The van der Waals surface area contributed by atoms with Crippen molar-refractivity contribution in [2.75, 3.05) is 0 Å². The van der Waals surface area contributed by atoms with Crippen LogP contribution in [0.15, 0.2) is 60.7 Å². The lowest BCUT2D eigenvalue weighted by atomic mass is 9.96. The van der Waals surface area contributed by atoms with Crippen LogP contribution in [-0.4, -0.2) is 0 Å². The molecule has 3 aromatic carbocycles. The van der Waals surface area contributed by atoms with E-state index in [0.717, 1.165) is 6.42 Å². The molecule has 0 N–H and O–H groups in total. The van der Waals surface area contributed by atoms with Crippen LogP contribution in [0.4, 0.5) is 0 Å². The van der Waals surface area contributed by atoms with Crippen LogP contribution in [0.3, 0.4) is 0 Å². The van der Waals surface area contributed by atoms with Crippen LogP contribution in [0.2, 0.25) is 0 Å². The molecule has 0 radical (unpaired) electrons. The van der Waals surface area contributed by atoms with Crippen molar-refractivity contribution in [1.82, 2.24) is 0 Å². The van der Waals surface area contributed by atoms with Crippen molar-refractivity contribution in [2.24, 2.45) is 0 Å². The summed E-state index contributed by atoms with van der Waals surface area (Å²) in [5.74, 6) is 0. The zero-order chi connectivity index (χ0) is 12.4. The Morgan fingerprint density at radius 1 is 0.579 bits per heavy atom. The molecule has 0 spiro atoms. The van der Waals surface area contributed by atoms with E-state index in [-0.39, 0.29) is 0 Å². The molecule has 0 aliphatic heterocycles. The quantitative estimate of drug-likeness (QED) is 0.475. The van der Waals surface area contributed by atoms with Crippen molar-refractivity contribution >= 4 is 32.7 Å². The lowest BCUT2D eigenvalue weighted by Gasteiger charge is -2.08. The van der Waals surface area contributed by atoms with E-state index in [2.05, 4.69) is 60.7 Å². The highest BCUT2D eigenvalue weighted by molar-refractivity contribution is 6.06. The summed E-state index contributed by atoms with van der Waals surface area (Å²) in [4.78, 5) is 0. The highest BCUT2D eigenvalue weighted by Gasteiger charge is 2.24. The summed E-state index contributed by atoms with van der Waals surface area (Å²) >= 11 is 0. The Morgan fingerprint density at radius 3 is 1.63 bits per heavy atom. The maximum absolute atomic E-state index is 2.36. The van der Waals surface area contributed by atoms with E-state index in [9.17, 15) is 0 Å². The summed E-state index contributed by atoms with van der Waals surface area (Å²) < 4.78 is 0. The molecule has 0 unspecified atom stereocenters. The standard InChI is InChI=1S/C19H12/c1-2-4-13-8-17-11-19-15-6-5-14(9-15)18(19)10-16(17)7-12(13)3-1/h1-8,10-11H,9H2. The van der Waals surface area contributed by atoms with E-state index in [1.807, 2.05) is 0 Å². The van der Waals surface area contributed by atoms with E-state index >= 15 is 0 Å². The first kappa shape index (κ1) is 9.57. The SMILES string of the molecule is C1=C2CC(=C1)c1cc3cc4ccccc4cc3cc12. The summed E-state index contributed by atoms with van der Waals surface area (Å²) in [7, 11) is 0. The lowest BCUT2D eigenvalue weighted by Crippen LogP contribution is -1.86. The van der Waals surface area contributed by atoms with Crippen LogP contribution >= 0.6 is 0 Å². The first-order valence-corrected chi connectivity index (χ1v) is 6.75. The molecule has 2 aliphatic rings. The second-order valence-electron chi connectivity index (χ2n) is 5.50. The molecule has 0 atom stereocenters. The van der Waals surface area contributed by atoms with Gasteiger partial charge in [-0.15, -0.1) is 0 Å². The van der Waals surface area contributed by atoms with Gasteiger partial charge in [0.15, 0.2) is 0 Å². The van der Waals surface area contributed by atoms with Gasteiger partial charge in [0.25, 0.3) is 0 Å². The third-order valence-electron chi connectivity index (χ3n) is 4.40. The van der Waals surface area contributed by atoms with Gasteiger partial charge in [-0.05, 0) is 74.5 Å². The highest BCUT2D eigenvalue weighted by atomic mass is 14.3. The first-order chi connectivity index (χ1) is 9.38. The molecule has 0 saturated heterocycles. The van der Waals surface area contributed by atoms with E-state index in [1.165, 1.54) is 43.8 Å². The number of fused-ring (bicyclic) bond motifs is 7. The third kappa shape index (κ3) is 1.18. The van der Waals surface area contributed by atoms with Crippen LogP contribution in [0, 0.1) is 0 Å². The number of rotatable bonds is 0. The van der Waals surface area contributed by atoms with Gasteiger partial charge in [0.05, 0.1) is 0 Å². The topological polar surface area (TPSA) is 0 Å². The summed E-state index contributed by atoms with van der Waals surface area (Å²) in [5, 5.41) is 5.36. The number of allylic oxidation sites excluding steroid dienone is 4. The van der Waals surface area contributed by atoms with Gasteiger partial charge >= 0.3 is 0 Å². The molecule has 0 aromatic heterocycles. The van der Waals surface area contributed by atoms with Crippen molar-refractivity contribution in [3.63, 3.8) is 0 Å². The van der Waals surface area contributed by atoms with Crippen molar-refractivity contribution in [1.29, 1.82) is 0 Å². The average molecular weight is 240 g/mol. The van der Waals surface area contributed by atoms with E-state index in [0.29, 0.717) is 0 Å². The van der Waals surface area contributed by atoms with Crippen LogP contribution in [-0.2, 0) is 0 Å². The molecule has 2 aliphatic carbocycles. The zero-order valence-electron chi connectivity index (χ0n) is 10.5. The van der Waals surface area contributed by atoms with Crippen molar-refractivity contribution in [3.05, 3.63) is 71.8 Å². The second kappa shape index (κ2) is 3.16. The van der Waals surface area contributed by atoms with Gasteiger partial charge in [-0.3, -0.25) is 0 Å². The van der Waals surface area contributed by atoms with Gasteiger partial charge in [-0.25, -0.2) is 0 Å². The van der Waals surface area contributed by atoms with Gasteiger partial charge in [0.1, 0.15) is 0 Å². The molecule has 2 bridgehead atoms. The second-order valence-corrected chi connectivity index (χ2v) is 5.50. The minimum Gasteiger partial charge on any atom is -0.0616 e. The number of hydrogen-bond acceptors (Lipinski definition) is 0. The fourth-order valence-electron chi connectivity index (χ4n) is 3.42. The van der Waals surface area contributed by atoms with Gasteiger partial charge in [0.2, 0.25) is 0 Å². The smallest absolute Gasteiger partial charge is 0.00134 e. The van der Waals surface area contributed by atoms with Crippen LogP contribution in [0.1, 0.15) is 17.5 Å². The van der Waals surface area contributed by atoms with E-state index in [4.69, 9.17) is 0 Å². The van der Waals surface area contributed by atoms with Crippen molar-refractivity contribution in [2.45, 2.75) is 6.42 Å². The van der Waals surface area contributed by atoms with Gasteiger partial charge in [-0.2, -0.15) is 0 Å². The van der Waals surface area contributed by atoms with Crippen LogP contribution < -0.4 is 0 Å². The van der Waals surface area contributed by atoms with Crippen molar-refractivity contribution in [3.8, 4) is 0 Å². The monoisotopic (exact) mass is 240 g/mol. The molecule has 88 valence electrons. The fourth-order valence-corrected chi connectivity index (χ4v) is 3.42. The lowest BCUT2D eigenvalue weighted by molar-refractivity contribution is 1.57. The Balaban J connectivity index is 1.93. The Labute approximate surface area is 111 Å². The summed E-state index contributed by atoms with van der Waals surface area (Å²) in [6, 6.07) is 17.9. The Morgan fingerprint density at radius 2 is 1.11 bits per heavy atom. The average Bonchev–Trinajstić information content (AvgIpc) is 3.04. The minimum atomic E-state index is 1.13. The molecule has 0 saturated carbocycles. The van der Waals surface area contributed by atoms with Crippen molar-refractivity contribution < 1.29 is 0 Å². The molecule has 5 rings (SSSR count). The molecule has 0 fully saturated rings. The van der Waals surface area contributed by atoms with Crippen LogP contribution in [0.25, 0.3) is 32.7 Å². The van der Waals surface area contributed by atoms with E-state index in [1.54, 1.807) is 0 Å². The summed E-state index contributed by atoms with van der Waals surface area (Å²) in [6.45, 7) is 0. The molecular weight excluding hydrogens is 228 g/mol. The predicted octanol–water partition coefficient (Wildman–Crippen LogP) is 5.18. The summed E-state index contributed by atoms with van der Waals surface area (Å²) in [6.07, 6.45) is 5.67. The van der Waals surface area contributed by atoms with E-state index < -0.39 is 0 Å². The Kier molecular flexibility index (Phi) is 1.59. The van der Waals surface area contributed by atoms with Gasteiger partial charge in [0, 0.05) is 0 Å². The molecule has 0 amide bonds. The minimum absolute atomic E-state index is 1.13. The maximum Gasteiger partial charge on any atom is -0.00134 e.